The lowest BCUT2D eigenvalue weighted by molar-refractivity contribution is 0.540. The quantitative estimate of drug-likeness (QED) is 0.162. The van der Waals surface area contributed by atoms with Crippen molar-refractivity contribution in [2.45, 2.75) is 77.7 Å². The molecule has 34 heavy (non-hydrogen) atoms. The summed E-state index contributed by atoms with van der Waals surface area (Å²) in [5, 5.41) is 7.32. The van der Waals surface area contributed by atoms with Crippen LogP contribution in [0.4, 0.5) is 5.82 Å². The summed E-state index contributed by atoms with van der Waals surface area (Å²) in [7, 11) is 0. The van der Waals surface area contributed by atoms with Crippen molar-refractivity contribution < 1.29 is 0 Å². The Bertz CT molecular complexity index is 1420. The molecule has 4 heteroatoms. The highest BCUT2D eigenvalue weighted by atomic mass is 15.1. The number of fused-ring (bicyclic) bond motifs is 5. The third-order valence-corrected chi connectivity index (χ3v) is 7.24. The van der Waals surface area contributed by atoms with Crippen LogP contribution >= 0.6 is 0 Å². The Balaban J connectivity index is 1.39. The summed E-state index contributed by atoms with van der Waals surface area (Å²) in [6.45, 7) is 3.23. The van der Waals surface area contributed by atoms with E-state index in [0.717, 1.165) is 24.0 Å². The van der Waals surface area contributed by atoms with E-state index < -0.39 is 0 Å². The van der Waals surface area contributed by atoms with Gasteiger partial charge in [-0.25, -0.2) is 9.97 Å². The van der Waals surface area contributed by atoms with Crippen molar-refractivity contribution in [1.29, 1.82) is 0 Å². The zero-order valence-corrected chi connectivity index (χ0v) is 20.4. The minimum absolute atomic E-state index is 0.552. The maximum Gasteiger partial charge on any atom is 0.145 e. The predicted octanol–water partition coefficient (Wildman–Crippen LogP) is 8.39. The van der Waals surface area contributed by atoms with E-state index in [1.165, 1.54) is 90.2 Å². The summed E-state index contributed by atoms with van der Waals surface area (Å²) in [6.07, 6.45) is 14.9. The van der Waals surface area contributed by atoms with E-state index in [4.69, 9.17) is 5.73 Å². The van der Waals surface area contributed by atoms with Gasteiger partial charge in [-0.05, 0) is 57.6 Å². The molecule has 0 unspecified atom stereocenters. The van der Waals surface area contributed by atoms with Crippen LogP contribution in [0.3, 0.4) is 0 Å². The van der Waals surface area contributed by atoms with Crippen LogP contribution in [0.2, 0.25) is 0 Å². The molecule has 0 aliphatic heterocycles. The van der Waals surface area contributed by atoms with Crippen molar-refractivity contribution in [2.75, 3.05) is 5.73 Å². The highest BCUT2D eigenvalue weighted by Gasteiger charge is 2.12. The second kappa shape index (κ2) is 10.4. The number of unbranched alkanes of at least 4 members (excludes halogenated alkanes) is 9. The largest absolute Gasteiger partial charge is 0.383 e. The van der Waals surface area contributed by atoms with Gasteiger partial charge in [-0.3, -0.25) is 0 Å². The second-order valence-corrected chi connectivity index (χ2v) is 9.70. The molecule has 0 radical (unpaired) electrons. The van der Waals surface area contributed by atoms with Crippen molar-refractivity contribution in [3.63, 3.8) is 0 Å². The number of hydrogen-bond acceptors (Lipinski definition) is 3. The molecular weight excluding hydrogens is 416 g/mol. The lowest BCUT2D eigenvalue weighted by Crippen LogP contribution is -2.06. The van der Waals surface area contributed by atoms with Gasteiger partial charge in [0.2, 0.25) is 0 Å². The molecule has 0 atom stereocenters. The van der Waals surface area contributed by atoms with Crippen LogP contribution < -0.4 is 5.73 Å². The van der Waals surface area contributed by atoms with E-state index in [-0.39, 0.29) is 0 Å². The molecule has 176 valence electrons. The Labute approximate surface area is 202 Å². The molecule has 0 aliphatic rings. The number of nitrogens with two attached hydrogens (primary N) is 1. The first-order valence-electron chi connectivity index (χ1n) is 13.1. The molecule has 0 bridgehead atoms. The SMILES string of the molecule is CCCCCCCCCCCCn1c2cc3c(cc4ccccc43)cc2cc2c(N)ncnc21. The highest BCUT2D eigenvalue weighted by Crippen LogP contribution is 2.34. The molecule has 2 N–H and O–H groups in total. The Morgan fingerprint density at radius 2 is 1.38 bits per heavy atom. The number of pyridine rings is 1. The molecule has 2 heterocycles. The first-order chi connectivity index (χ1) is 16.8. The van der Waals surface area contributed by atoms with Crippen molar-refractivity contribution in [1.82, 2.24) is 14.5 Å². The van der Waals surface area contributed by atoms with Crippen LogP contribution in [0.5, 0.6) is 0 Å². The van der Waals surface area contributed by atoms with E-state index in [1.807, 2.05) is 0 Å². The molecule has 2 aromatic heterocycles. The smallest absolute Gasteiger partial charge is 0.145 e. The zero-order chi connectivity index (χ0) is 23.3. The fraction of sp³-hybridized carbons (Fsp3) is 0.400. The highest BCUT2D eigenvalue weighted by molar-refractivity contribution is 6.16. The van der Waals surface area contributed by atoms with Gasteiger partial charge in [0, 0.05) is 6.54 Å². The fourth-order valence-electron chi connectivity index (χ4n) is 5.37. The lowest BCUT2D eigenvalue weighted by atomic mass is 10.1. The first kappa shape index (κ1) is 22.6. The van der Waals surface area contributed by atoms with Crippen molar-refractivity contribution in [3.8, 4) is 0 Å². The number of rotatable bonds is 11. The monoisotopic (exact) mass is 452 g/mol. The minimum Gasteiger partial charge on any atom is -0.383 e. The van der Waals surface area contributed by atoms with Gasteiger partial charge in [0.15, 0.2) is 0 Å². The Kier molecular flexibility index (Phi) is 6.94. The second-order valence-electron chi connectivity index (χ2n) is 9.70. The van der Waals surface area contributed by atoms with E-state index in [0.29, 0.717) is 5.82 Å². The summed E-state index contributed by atoms with van der Waals surface area (Å²) in [5.41, 5.74) is 8.44. The van der Waals surface area contributed by atoms with Crippen molar-refractivity contribution >= 4 is 49.3 Å². The van der Waals surface area contributed by atoms with E-state index >= 15 is 0 Å². The van der Waals surface area contributed by atoms with Crippen LogP contribution in [-0.4, -0.2) is 14.5 Å². The Morgan fingerprint density at radius 1 is 0.676 bits per heavy atom. The number of hydrogen-bond donors (Lipinski definition) is 1. The topological polar surface area (TPSA) is 56.7 Å². The number of nitrogens with zero attached hydrogens (tertiary/aromatic N) is 3. The molecule has 5 aromatic rings. The normalized spacial score (nSPS) is 11.9. The van der Waals surface area contributed by atoms with Gasteiger partial charge in [-0.2, -0.15) is 0 Å². The molecule has 0 aliphatic carbocycles. The van der Waals surface area contributed by atoms with Gasteiger partial charge >= 0.3 is 0 Å². The number of benzene rings is 2. The van der Waals surface area contributed by atoms with E-state index in [1.54, 1.807) is 6.33 Å². The standard InChI is InChI=1S/C30H36N4/c1-2-3-4-5-6-7-8-9-10-13-16-34-28-20-26-23(17-22-14-11-12-15-25(22)26)18-24(28)19-27-29(31)32-21-33-30(27)34/h11-12,14-15,17-21H,2-10,13,16H2,1H3,(H2,31,32,33). The number of anilines is 1. The van der Waals surface area contributed by atoms with Crippen LogP contribution in [0.15, 0.2) is 54.9 Å². The third kappa shape index (κ3) is 4.59. The van der Waals surface area contributed by atoms with Crippen LogP contribution in [-0.2, 0) is 6.54 Å². The molecule has 0 saturated carbocycles. The fourth-order valence-corrected chi connectivity index (χ4v) is 5.37. The summed E-state index contributed by atoms with van der Waals surface area (Å²) in [6, 6.07) is 17.7. The maximum atomic E-state index is 6.28. The van der Waals surface area contributed by atoms with Gasteiger partial charge in [0.25, 0.3) is 0 Å². The minimum atomic E-state index is 0.552. The maximum absolute atomic E-state index is 6.28. The summed E-state index contributed by atoms with van der Waals surface area (Å²) >= 11 is 0. The average Bonchev–Trinajstić information content (AvgIpc) is 3.21. The predicted molar refractivity (Wildman–Crippen MR) is 146 cm³/mol. The first-order valence-corrected chi connectivity index (χ1v) is 13.1. The Hall–Kier alpha value is -3.14. The molecule has 0 amide bonds. The van der Waals surface area contributed by atoms with Gasteiger partial charge < -0.3 is 10.3 Å². The van der Waals surface area contributed by atoms with Gasteiger partial charge in [0.05, 0.1) is 10.9 Å². The van der Waals surface area contributed by atoms with Gasteiger partial charge in [-0.1, -0.05) is 89.0 Å². The average molecular weight is 453 g/mol. The molecule has 3 aromatic carbocycles. The number of nitrogen functional groups attached to an aromatic ring is 1. The summed E-state index contributed by atoms with van der Waals surface area (Å²) in [5.74, 6) is 0.552. The molecule has 0 spiro atoms. The molecule has 0 saturated heterocycles. The molecule has 4 nitrogen and oxygen atoms in total. The van der Waals surface area contributed by atoms with Crippen LogP contribution in [0, 0.1) is 0 Å². The molecule has 5 rings (SSSR count). The Morgan fingerprint density at radius 3 is 2.18 bits per heavy atom. The zero-order valence-electron chi connectivity index (χ0n) is 20.4. The van der Waals surface area contributed by atoms with E-state index in [2.05, 4.69) is 70.0 Å². The van der Waals surface area contributed by atoms with Gasteiger partial charge in [-0.15, -0.1) is 0 Å². The number of aromatic nitrogens is 3. The van der Waals surface area contributed by atoms with Crippen LogP contribution in [0.25, 0.3) is 43.5 Å². The molecule has 0 fully saturated rings. The van der Waals surface area contributed by atoms with Crippen molar-refractivity contribution in [3.05, 3.63) is 54.9 Å². The summed E-state index contributed by atoms with van der Waals surface area (Å²) in [4.78, 5) is 8.92. The van der Waals surface area contributed by atoms with Gasteiger partial charge in [0.1, 0.15) is 17.8 Å². The van der Waals surface area contributed by atoms with Crippen LogP contribution in [0.1, 0.15) is 71.1 Å². The number of aryl methyl sites for hydroxylation is 1. The van der Waals surface area contributed by atoms with Crippen molar-refractivity contribution in [2.24, 2.45) is 0 Å². The van der Waals surface area contributed by atoms with E-state index in [9.17, 15) is 0 Å². The lowest BCUT2D eigenvalue weighted by Gasteiger charge is -2.16. The summed E-state index contributed by atoms with van der Waals surface area (Å²) < 4.78 is 2.37. The molecular formula is C30H36N4. The third-order valence-electron chi connectivity index (χ3n) is 7.24.